The number of anilines is 1. The summed E-state index contributed by atoms with van der Waals surface area (Å²) in [7, 11) is 0. The molecule has 0 spiro atoms. The van der Waals surface area contributed by atoms with E-state index >= 15 is 0 Å². The third-order valence-corrected chi connectivity index (χ3v) is 3.60. The molecule has 1 atom stereocenters. The Morgan fingerprint density at radius 2 is 2.24 bits per heavy atom. The van der Waals surface area contributed by atoms with E-state index in [0.717, 1.165) is 5.82 Å². The van der Waals surface area contributed by atoms with Gasteiger partial charge in [-0.15, -0.1) is 11.3 Å². The zero-order valence-electron chi connectivity index (χ0n) is 9.38. The number of rotatable bonds is 4. The highest BCUT2D eigenvalue weighted by Crippen LogP contribution is 2.22. The maximum Gasteiger partial charge on any atom is 0.127 e. The molecule has 0 aliphatic rings. The van der Waals surface area contributed by atoms with Gasteiger partial charge in [0.25, 0.3) is 0 Å². The van der Waals surface area contributed by atoms with Crippen molar-refractivity contribution >= 4 is 34.4 Å². The molecule has 0 saturated carbocycles. The van der Waals surface area contributed by atoms with Crippen LogP contribution in [0.15, 0.2) is 35.7 Å². The average molecular weight is 263 g/mol. The van der Waals surface area contributed by atoms with Gasteiger partial charge < -0.3 is 11.1 Å². The largest absolute Gasteiger partial charge is 0.388 e. The van der Waals surface area contributed by atoms with E-state index in [2.05, 4.69) is 28.7 Å². The second kappa shape index (κ2) is 5.25. The lowest BCUT2D eigenvalue weighted by atomic mass is 10.2. The molecule has 2 aromatic heterocycles. The van der Waals surface area contributed by atoms with Crippen LogP contribution in [0.2, 0.25) is 0 Å². The summed E-state index contributed by atoms with van der Waals surface area (Å²) in [4.78, 5) is 5.94. The molecule has 0 radical (unpaired) electrons. The molecule has 17 heavy (non-hydrogen) atoms. The van der Waals surface area contributed by atoms with E-state index in [4.69, 9.17) is 18.0 Å². The molecule has 0 saturated heterocycles. The van der Waals surface area contributed by atoms with Crippen LogP contribution in [0.4, 0.5) is 5.82 Å². The van der Waals surface area contributed by atoms with Crippen LogP contribution in [-0.2, 0) is 0 Å². The molecule has 0 aliphatic carbocycles. The standard InChI is InChI=1S/C12H13N3S2/c1-8(10-5-3-7-17-10)14-11-6-2-4-9(15-11)12(13)16/h2-8H,1H3,(H2,13,16)(H,14,15). The van der Waals surface area contributed by atoms with Gasteiger partial charge in [-0.1, -0.05) is 24.4 Å². The van der Waals surface area contributed by atoms with Crippen LogP contribution >= 0.6 is 23.6 Å². The van der Waals surface area contributed by atoms with Crippen molar-refractivity contribution in [3.05, 3.63) is 46.3 Å². The number of nitrogens with two attached hydrogens (primary N) is 1. The first-order valence-corrected chi connectivity index (χ1v) is 6.52. The SMILES string of the molecule is CC(Nc1cccc(C(N)=S)n1)c1cccs1. The summed E-state index contributed by atoms with van der Waals surface area (Å²) < 4.78 is 0. The van der Waals surface area contributed by atoms with Gasteiger partial charge in [-0.05, 0) is 30.5 Å². The van der Waals surface area contributed by atoms with Crippen molar-refractivity contribution in [1.29, 1.82) is 0 Å². The van der Waals surface area contributed by atoms with Crippen LogP contribution in [-0.4, -0.2) is 9.97 Å². The summed E-state index contributed by atoms with van der Waals surface area (Å²) in [6.07, 6.45) is 0. The summed E-state index contributed by atoms with van der Waals surface area (Å²) in [5.74, 6) is 0.788. The fourth-order valence-electron chi connectivity index (χ4n) is 1.48. The summed E-state index contributed by atoms with van der Waals surface area (Å²) >= 11 is 6.62. The van der Waals surface area contributed by atoms with Gasteiger partial charge in [0.15, 0.2) is 0 Å². The molecule has 0 aliphatic heterocycles. The minimum atomic E-state index is 0.226. The molecule has 2 heterocycles. The number of nitrogens with zero attached hydrogens (tertiary/aromatic N) is 1. The second-order valence-corrected chi connectivity index (χ2v) is 5.07. The number of thiocarbonyl (C=S) groups is 1. The lowest BCUT2D eigenvalue weighted by Gasteiger charge is -2.13. The van der Waals surface area contributed by atoms with Crippen molar-refractivity contribution in [2.45, 2.75) is 13.0 Å². The number of pyridine rings is 1. The van der Waals surface area contributed by atoms with Crippen LogP contribution in [0.25, 0.3) is 0 Å². The Morgan fingerprint density at radius 3 is 2.88 bits per heavy atom. The monoisotopic (exact) mass is 263 g/mol. The molecule has 0 aromatic carbocycles. The van der Waals surface area contributed by atoms with Crippen LogP contribution in [0.1, 0.15) is 23.5 Å². The van der Waals surface area contributed by atoms with E-state index in [0.29, 0.717) is 10.7 Å². The highest BCUT2D eigenvalue weighted by atomic mass is 32.1. The number of hydrogen-bond acceptors (Lipinski definition) is 4. The van der Waals surface area contributed by atoms with E-state index in [-0.39, 0.29) is 6.04 Å². The minimum absolute atomic E-state index is 0.226. The fraction of sp³-hybridized carbons (Fsp3) is 0.167. The maximum atomic E-state index is 5.55. The zero-order valence-corrected chi connectivity index (χ0v) is 11.0. The van der Waals surface area contributed by atoms with Gasteiger partial charge >= 0.3 is 0 Å². The predicted octanol–water partition coefficient (Wildman–Crippen LogP) is 2.95. The summed E-state index contributed by atoms with van der Waals surface area (Å²) in [6.45, 7) is 2.10. The molecule has 5 heteroatoms. The Bertz CT molecular complexity index is 508. The molecule has 2 rings (SSSR count). The lowest BCUT2D eigenvalue weighted by Crippen LogP contribution is -2.13. The van der Waals surface area contributed by atoms with E-state index in [1.54, 1.807) is 11.3 Å². The van der Waals surface area contributed by atoms with Gasteiger partial charge in [-0.25, -0.2) is 4.98 Å². The van der Waals surface area contributed by atoms with E-state index in [1.165, 1.54) is 4.88 Å². The van der Waals surface area contributed by atoms with Crippen molar-refractivity contribution in [1.82, 2.24) is 4.98 Å². The van der Waals surface area contributed by atoms with Gasteiger partial charge in [0.1, 0.15) is 10.8 Å². The Morgan fingerprint density at radius 1 is 1.41 bits per heavy atom. The molecule has 88 valence electrons. The second-order valence-electron chi connectivity index (χ2n) is 3.65. The molecule has 3 nitrogen and oxygen atoms in total. The molecule has 1 unspecified atom stereocenters. The van der Waals surface area contributed by atoms with Crippen molar-refractivity contribution in [3.63, 3.8) is 0 Å². The average Bonchev–Trinajstić information content (AvgIpc) is 2.82. The third kappa shape index (κ3) is 3.01. The predicted molar refractivity (Wildman–Crippen MR) is 76.5 cm³/mol. The minimum Gasteiger partial charge on any atom is -0.388 e. The lowest BCUT2D eigenvalue weighted by molar-refractivity contribution is 0.896. The first-order valence-electron chi connectivity index (χ1n) is 5.23. The van der Waals surface area contributed by atoms with Crippen molar-refractivity contribution in [2.24, 2.45) is 5.73 Å². The quantitative estimate of drug-likeness (QED) is 0.833. The highest BCUT2D eigenvalue weighted by molar-refractivity contribution is 7.80. The maximum absolute atomic E-state index is 5.55. The molecule has 3 N–H and O–H groups in total. The Balaban J connectivity index is 2.13. The third-order valence-electron chi connectivity index (χ3n) is 2.34. The number of nitrogens with one attached hydrogen (secondary N) is 1. The molecular weight excluding hydrogens is 250 g/mol. The number of aromatic nitrogens is 1. The van der Waals surface area contributed by atoms with E-state index < -0.39 is 0 Å². The smallest absolute Gasteiger partial charge is 0.127 e. The summed E-state index contributed by atoms with van der Waals surface area (Å²) in [5, 5.41) is 5.39. The van der Waals surface area contributed by atoms with Gasteiger partial charge in [-0.2, -0.15) is 0 Å². The van der Waals surface area contributed by atoms with Crippen molar-refractivity contribution < 1.29 is 0 Å². The van der Waals surface area contributed by atoms with Crippen LogP contribution in [0.3, 0.4) is 0 Å². The molecule has 2 aromatic rings. The number of thiophene rings is 1. The van der Waals surface area contributed by atoms with Crippen LogP contribution in [0.5, 0.6) is 0 Å². The topological polar surface area (TPSA) is 50.9 Å². The first kappa shape index (κ1) is 12.0. The Kier molecular flexibility index (Phi) is 3.71. The fourth-order valence-corrected chi connectivity index (χ4v) is 2.33. The van der Waals surface area contributed by atoms with Crippen molar-refractivity contribution in [2.75, 3.05) is 5.32 Å². The Hall–Kier alpha value is -1.46. The molecule has 0 fully saturated rings. The van der Waals surface area contributed by atoms with Gasteiger partial charge in [0.2, 0.25) is 0 Å². The Labute approximate surface area is 110 Å². The number of hydrogen-bond donors (Lipinski definition) is 2. The zero-order chi connectivity index (χ0) is 12.3. The highest BCUT2D eigenvalue weighted by Gasteiger charge is 2.07. The van der Waals surface area contributed by atoms with Gasteiger partial charge in [0.05, 0.1) is 11.7 Å². The molecule has 0 amide bonds. The summed E-state index contributed by atoms with van der Waals surface area (Å²) in [6, 6.07) is 9.97. The normalized spacial score (nSPS) is 12.1. The molecule has 0 bridgehead atoms. The van der Waals surface area contributed by atoms with Crippen LogP contribution in [0, 0.1) is 0 Å². The van der Waals surface area contributed by atoms with Crippen molar-refractivity contribution in [3.8, 4) is 0 Å². The first-order chi connectivity index (χ1) is 8.16. The van der Waals surface area contributed by atoms with Gasteiger partial charge in [0, 0.05) is 4.88 Å². The van der Waals surface area contributed by atoms with E-state index in [9.17, 15) is 0 Å². The summed E-state index contributed by atoms with van der Waals surface area (Å²) in [5.41, 5.74) is 6.19. The van der Waals surface area contributed by atoms with E-state index in [1.807, 2.05) is 24.3 Å². The molecular formula is C12H13N3S2. The van der Waals surface area contributed by atoms with Crippen LogP contribution < -0.4 is 11.1 Å². The van der Waals surface area contributed by atoms with Gasteiger partial charge in [-0.3, -0.25) is 0 Å².